The number of aromatic nitrogens is 1. The van der Waals surface area contributed by atoms with Crippen LogP contribution in [0.5, 0.6) is 11.5 Å². The standard InChI is InChI=1S/C17H21N3O2S/c1-12-10-13(20-17(21)15(18)7-9-23-2)5-6-16(12)22-14-4-3-8-19-11-14/h3-6,8,10-11,15H,7,9,18H2,1-2H3,(H,20,21)/t15-/m0/s1. The number of benzene rings is 1. The van der Waals surface area contributed by atoms with Gasteiger partial charge in [-0.3, -0.25) is 9.78 Å². The Balaban J connectivity index is 2.00. The van der Waals surface area contributed by atoms with Gasteiger partial charge in [-0.2, -0.15) is 11.8 Å². The summed E-state index contributed by atoms with van der Waals surface area (Å²) in [6.45, 7) is 1.93. The molecule has 0 saturated carbocycles. The lowest BCUT2D eigenvalue weighted by molar-refractivity contribution is -0.117. The van der Waals surface area contributed by atoms with Crippen molar-refractivity contribution in [2.75, 3.05) is 17.3 Å². The normalized spacial score (nSPS) is 11.8. The molecule has 1 aromatic carbocycles. The third-order valence-electron chi connectivity index (χ3n) is 3.27. The molecule has 0 saturated heterocycles. The molecule has 1 aromatic heterocycles. The largest absolute Gasteiger partial charge is 0.455 e. The van der Waals surface area contributed by atoms with E-state index in [1.165, 1.54) is 0 Å². The molecule has 0 radical (unpaired) electrons. The second-order valence-corrected chi connectivity index (χ2v) is 6.13. The van der Waals surface area contributed by atoms with Crippen LogP contribution in [-0.2, 0) is 4.79 Å². The molecule has 0 aliphatic carbocycles. The van der Waals surface area contributed by atoms with Gasteiger partial charge >= 0.3 is 0 Å². The van der Waals surface area contributed by atoms with Crippen molar-refractivity contribution < 1.29 is 9.53 Å². The van der Waals surface area contributed by atoms with E-state index in [9.17, 15) is 4.79 Å². The van der Waals surface area contributed by atoms with Gasteiger partial charge in [0.25, 0.3) is 0 Å². The summed E-state index contributed by atoms with van der Waals surface area (Å²) >= 11 is 1.68. The van der Waals surface area contributed by atoms with Crippen molar-refractivity contribution in [3.63, 3.8) is 0 Å². The number of carbonyl (C=O) groups is 1. The Morgan fingerprint density at radius 2 is 2.26 bits per heavy atom. The van der Waals surface area contributed by atoms with E-state index >= 15 is 0 Å². The molecule has 0 unspecified atom stereocenters. The van der Waals surface area contributed by atoms with E-state index in [2.05, 4.69) is 10.3 Å². The highest BCUT2D eigenvalue weighted by Crippen LogP contribution is 2.26. The molecular weight excluding hydrogens is 310 g/mol. The maximum Gasteiger partial charge on any atom is 0.241 e. The van der Waals surface area contributed by atoms with Crippen molar-refractivity contribution in [1.29, 1.82) is 0 Å². The van der Waals surface area contributed by atoms with Gasteiger partial charge in [0, 0.05) is 11.9 Å². The summed E-state index contributed by atoms with van der Waals surface area (Å²) in [5.74, 6) is 2.10. The first-order valence-electron chi connectivity index (χ1n) is 7.34. The molecule has 1 heterocycles. The zero-order chi connectivity index (χ0) is 16.7. The molecular formula is C17H21N3O2S. The molecule has 0 bridgehead atoms. The zero-order valence-corrected chi connectivity index (χ0v) is 14.1. The minimum atomic E-state index is -0.492. The third kappa shape index (κ3) is 5.26. The van der Waals surface area contributed by atoms with Crippen molar-refractivity contribution in [3.05, 3.63) is 48.3 Å². The van der Waals surface area contributed by atoms with E-state index < -0.39 is 6.04 Å². The quantitative estimate of drug-likeness (QED) is 0.814. The van der Waals surface area contributed by atoms with E-state index in [0.717, 1.165) is 17.1 Å². The smallest absolute Gasteiger partial charge is 0.241 e. The van der Waals surface area contributed by atoms with Crippen LogP contribution in [0, 0.1) is 6.92 Å². The Kier molecular flexibility index (Phi) is 6.43. The summed E-state index contributed by atoms with van der Waals surface area (Å²) < 4.78 is 5.77. The number of nitrogens with two attached hydrogens (primary N) is 1. The van der Waals surface area contributed by atoms with Crippen LogP contribution in [0.25, 0.3) is 0 Å². The molecule has 3 N–H and O–H groups in total. The fraction of sp³-hybridized carbons (Fsp3) is 0.294. The average Bonchev–Trinajstić information content (AvgIpc) is 2.56. The lowest BCUT2D eigenvalue weighted by Gasteiger charge is -2.13. The Morgan fingerprint density at radius 1 is 1.43 bits per heavy atom. The number of carbonyl (C=O) groups excluding carboxylic acids is 1. The average molecular weight is 331 g/mol. The van der Waals surface area contributed by atoms with Crippen LogP contribution < -0.4 is 15.8 Å². The highest BCUT2D eigenvalue weighted by Gasteiger charge is 2.13. The van der Waals surface area contributed by atoms with E-state index in [4.69, 9.17) is 10.5 Å². The van der Waals surface area contributed by atoms with E-state index in [-0.39, 0.29) is 5.91 Å². The Hall–Kier alpha value is -2.05. The topological polar surface area (TPSA) is 77.2 Å². The van der Waals surface area contributed by atoms with Gasteiger partial charge in [-0.1, -0.05) is 0 Å². The SMILES string of the molecule is CSCC[C@H](N)C(=O)Nc1ccc(Oc2cccnc2)c(C)c1. The van der Waals surface area contributed by atoms with Gasteiger partial charge < -0.3 is 15.8 Å². The fourth-order valence-corrected chi connectivity index (χ4v) is 2.48. The van der Waals surface area contributed by atoms with Crippen LogP contribution in [0.3, 0.4) is 0 Å². The van der Waals surface area contributed by atoms with E-state index in [1.54, 1.807) is 30.2 Å². The molecule has 2 rings (SSSR count). The lowest BCUT2D eigenvalue weighted by Crippen LogP contribution is -2.36. The van der Waals surface area contributed by atoms with Gasteiger partial charge in [0.2, 0.25) is 5.91 Å². The summed E-state index contributed by atoms with van der Waals surface area (Å²) in [5, 5.41) is 2.84. The maximum atomic E-state index is 12.0. The molecule has 122 valence electrons. The van der Waals surface area contributed by atoms with Crippen molar-refractivity contribution >= 4 is 23.4 Å². The number of nitrogens with zero attached hydrogens (tertiary/aromatic N) is 1. The molecule has 0 spiro atoms. The third-order valence-corrected chi connectivity index (χ3v) is 3.92. The highest BCUT2D eigenvalue weighted by atomic mass is 32.2. The first-order chi connectivity index (χ1) is 11.1. The van der Waals surface area contributed by atoms with Gasteiger partial charge in [0.05, 0.1) is 12.2 Å². The second kappa shape index (κ2) is 8.55. The van der Waals surface area contributed by atoms with Crippen molar-refractivity contribution in [1.82, 2.24) is 4.98 Å². The Morgan fingerprint density at radius 3 is 2.91 bits per heavy atom. The summed E-state index contributed by atoms with van der Waals surface area (Å²) in [6.07, 6.45) is 6.00. The first kappa shape index (κ1) is 17.3. The van der Waals surface area contributed by atoms with Crippen LogP contribution in [0.2, 0.25) is 0 Å². The first-order valence-corrected chi connectivity index (χ1v) is 8.73. The molecule has 5 nitrogen and oxygen atoms in total. The van der Waals surface area contributed by atoms with E-state index in [1.807, 2.05) is 37.4 Å². The highest BCUT2D eigenvalue weighted by molar-refractivity contribution is 7.98. The monoisotopic (exact) mass is 331 g/mol. The van der Waals surface area contributed by atoms with Crippen molar-refractivity contribution in [3.8, 4) is 11.5 Å². The van der Waals surface area contributed by atoms with Crippen molar-refractivity contribution in [2.24, 2.45) is 5.73 Å². The summed E-state index contributed by atoms with van der Waals surface area (Å²) in [5.41, 5.74) is 7.50. The predicted molar refractivity (Wildman–Crippen MR) is 95.1 cm³/mol. The van der Waals surface area contributed by atoms with Crippen LogP contribution in [0.4, 0.5) is 5.69 Å². The molecule has 0 aliphatic heterocycles. The predicted octanol–water partition coefficient (Wildman–Crippen LogP) is 3.20. The van der Waals surface area contributed by atoms with Gasteiger partial charge in [0.15, 0.2) is 0 Å². The number of hydrogen-bond acceptors (Lipinski definition) is 5. The summed E-state index contributed by atoms with van der Waals surface area (Å²) in [6, 6.07) is 8.66. The summed E-state index contributed by atoms with van der Waals surface area (Å²) in [7, 11) is 0. The number of pyridine rings is 1. The number of anilines is 1. The number of thioether (sulfide) groups is 1. The fourth-order valence-electron chi connectivity index (χ4n) is 1.99. The number of nitrogens with one attached hydrogen (secondary N) is 1. The van der Waals surface area contributed by atoms with Crippen LogP contribution in [0.1, 0.15) is 12.0 Å². The number of rotatable bonds is 7. The maximum absolute atomic E-state index is 12.0. The molecule has 1 atom stereocenters. The molecule has 2 aromatic rings. The zero-order valence-electron chi connectivity index (χ0n) is 13.3. The number of amides is 1. The van der Waals surface area contributed by atoms with Gasteiger partial charge in [-0.25, -0.2) is 0 Å². The molecule has 6 heteroatoms. The number of aryl methyl sites for hydroxylation is 1. The van der Waals surface area contributed by atoms with Crippen LogP contribution in [-0.4, -0.2) is 28.9 Å². The number of hydrogen-bond donors (Lipinski definition) is 2. The van der Waals surface area contributed by atoms with Gasteiger partial charge in [-0.15, -0.1) is 0 Å². The van der Waals surface area contributed by atoms with Crippen LogP contribution >= 0.6 is 11.8 Å². The van der Waals surface area contributed by atoms with E-state index in [0.29, 0.717) is 17.9 Å². The molecule has 0 aliphatic rings. The van der Waals surface area contributed by atoms with Gasteiger partial charge in [-0.05, 0) is 61.2 Å². The molecule has 1 amide bonds. The summed E-state index contributed by atoms with van der Waals surface area (Å²) in [4.78, 5) is 16.0. The Bertz CT molecular complexity index is 650. The Labute approximate surface area is 140 Å². The van der Waals surface area contributed by atoms with Gasteiger partial charge in [0.1, 0.15) is 11.5 Å². The second-order valence-electron chi connectivity index (χ2n) is 5.15. The van der Waals surface area contributed by atoms with Crippen molar-refractivity contribution in [2.45, 2.75) is 19.4 Å². The van der Waals surface area contributed by atoms with Crippen LogP contribution in [0.15, 0.2) is 42.7 Å². The minimum absolute atomic E-state index is 0.167. The molecule has 23 heavy (non-hydrogen) atoms. The molecule has 0 fully saturated rings. The number of ether oxygens (including phenoxy) is 1. The minimum Gasteiger partial charge on any atom is -0.455 e. The lowest BCUT2D eigenvalue weighted by atomic mass is 10.1.